The highest BCUT2D eigenvalue weighted by molar-refractivity contribution is 5.65. The summed E-state index contributed by atoms with van der Waals surface area (Å²) in [5, 5.41) is 0. The summed E-state index contributed by atoms with van der Waals surface area (Å²) in [5.41, 5.74) is 8.42. The van der Waals surface area contributed by atoms with Gasteiger partial charge in [-0.3, -0.25) is 0 Å². The average molecular weight is 363 g/mol. The van der Waals surface area contributed by atoms with E-state index in [0.717, 1.165) is 12.8 Å². The Labute approximate surface area is 167 Å². The predicted molar refractivity (Wildman–Crippen MR) is 122 cm³/mol. The highest BCUT2D eigenvalue weighted by Crippen LogP contribution is 2.40. The van der Waals surface area contributed by atoms with E-state index in [1.807, 2.05) is 0 Å². The summed E-state index contributed by atoms with van der Waals surface area (Å²) in [6.07, 6.45) is 6.96. The first-order valence-corrected chi connectivity index (χ1v) is 10.3. The van der Waals surface area contributed by atoms with Gasteiger partial charge in [-0.15, -0.1) is 0 Å². The van der Waals surface area contributed by atoms with Crippen LogP contribution in [-0.2, 0) is 0 Å². The number of hydrogen-bond donors (Lipinski definition) is 0. The van der Waals surface area contributed by atoms with E-state index in [1.54, 1.807) is 0 Å². The van der Waals surface area contributed by atoms with Crippen LogP contribution in [0.4, 0.5) is 0 Å². The van der Waals surface area contributed by atoms with Gasteiger partial charge in [0, 0.05) is 5.92 Å². The molecular weight excluding hydrogens is 324 g/mol. The molecule has 0 amide bonds. The molecule has 0 fully saturated rings. The molecule has 0 spiro atoms. The Hall–Kier alpha value is -1.82. The van der Waals surface area contributed by atoms with E-state index in [0.29, 0.717) is 23.2 Å². The summed E-state index contributed by atoms with van der Waals surface area (Å²) in [6.45, 7) is 24.4. The van der Waals surface area contributed by atoms with Crippen molar-refractivity contribution in [2.24, 2.45) is 17.3 Å². The van der Waals surface area contributed by atoms with Crippen molar-refractivity contribution in [2.45, 2.75) is 67.2 Å². The normalized spacial score (nSPS) is 18.3. The molecule has 2 unspecified atom stereocenters. The minimum Gasteiger partial charge on any atom is -0.0998 e. The van der Waals surface area contributed by atoms with Crippen molar-refractivity contribution in [3.8, 4) is 0 Å². The predicted octanol–water partition coefficient (Wildman–Crippen LogP) is 8.34. The smallest absolute Gasteiger partial charge is 0.0239 e. The van der Waals surface area contributed by atoms with Crippen molar-refractivity contribution in [1.29, 1.82) is 0 Å². The molecule has 0 heteroatoms. The largest absolute Gasteiger partial charge is 0.0998 e. The second-order valence-corrected chi connectivity index (χ2v) is 9.93. The maximum atomic E-state index is 4.36. The Kier molecular flexibility index (Phi) is 6.73. The Morgan fingerprint density at radius 2 is 1.63 bits per heavy atom. The second kappa shape index (κ2) is 8.46. The Bertz CT molecular complexity index is 744. The van der Waals surface area contributed by atoms with Gasteiger partial charge in [-0.1, -0.05) is 108 Å². The van der Waals surface area contributed by atoms with E-state index in [4.69, 9.17) is 0 Å². The summed E-state index contributed by atoms with van der Waals surface area (Å²) < 4.78 is 0. The molecule has 0 heterocycles. The molecule has 1 aliphatic rings. The van der Waals surface area contributed by atoms with E-state index in [1.165, 1.54) is 33.4 Å². The first-order valence-electron chi connectivity index (χ1n) is 10.3. The third kappa shape index (κ3) is 5.83. The molecular formula is C27H38. The standard InChI is InChI=1S/C27H38/c1-18(2)22(6)23-10-12-24(13-11-23)26-16-19(3)15-25(26)21(5)14-20(4)17-27(7,8)9/h10-13,15-16,18,21,26H,4,6,14,17H2,1-3,5,7-9H3. The zero-order valence-corrected chi connectivity index (χ0v) is 18.5. The van der Waals surface area contributed by atoms with E-state index in [-0.39, 0.29) is 0 Å². The lowest BCUT2D eigenvalue weighted by molar-refractivity contribution is 0.399. The van der Waals surface area contributed by atoms with Crippen molar-refractivity contribution in [1.82, 2.24) is 0 Å². The SMILES string of the molecule is C=C(CC(C)C1=CC(C)=CC1c1ccc(C(=C)C(C)C)cc1)CC(C)(C)C. The van der Waals surface area contributed by atoms with Crippen LogP contribution in [0, 0.1) is 17.3 Å². The Morgan fingerprint density at radius 3 is 2.15 bits per heavy atom. The summed E-state index contributed by atoms with van der Waals surface area (Å²) >= 11 is 0. The molecule has 0 saturated carbocycles. The zero-order valence-electron chi connectivity index (χ0n) is 18.5. The first-order chi connectivity index (χ1) is 12.5. The van der Waals surface area contributed by atoms with Gasteiger partial charge in [-0.2, -0.15) is 0 Å². The fourth-order valence-electron chi connectivity index (χ4n) is 4.11. The quantitative estimate of drug-likeness (QED) is 0.427. The number of benzene rings is 1. The molecule has 1 aromatic carbocycles. The lowest BCUT2D eigenvalue weighted by Gasteiger charge is -2.25. The van der Waals surface area contributed by atoms with Crippen molar-refractivity contribution in [3.63, 3.8) is 0 Å². The minimum absolute atomic E-state index is 0.309. The van der Waals surface area contributed by atoms with Crippen LogP contribution in [0.2, 0.25) is 0 Å². The van der Waals surface area contributed by atoms with Gasteiger partial charge in [0.1, 0.15) is 0 Å². The Morgan fingerprint density at radius 1 is 1.04 bits per heavy atom. The molecule has 0 N–H and O–H groups in total. The van der Waals surface area contributed by atoms with Crippen molar-refractivity contribution in [3.05, 3.63) is 77.4 Å². The molecule has 0 nitrogen and oxygen atoms in total. The molecule has 1 aliphatic carbocycles. The molecule has 0 aliphatic heterocycles. The minimum atomic E-state index is 0.309. The van der Waals surface area contributed by atoms with Gasteiger partial charge in [-0.05, 0) is 53.7 Å². The summed E-state index contributed by atoms with van der Waals surface area (Å²) in [6, 6.07) is 9.04. The monoisotopic (exact) mass is 362 g/mol. The van der Waals surface area contributed by atoms with Gasteiger partial charge in [0.15, 0.2) is 0 Å². The van der Waals surface area contributed by atoms with Crippen LogP contribution in [0.15, 0.2) is 66.3 Å². The van der Waals surface area contributed by atoms with Crippen LogP contribution in [0.5, 0.6) is 0 Å². The van der Waals surface area contributed by atoms with Crippen LogP contribution >= 0.6 is 0 Å². The number of rotatable bonds is 7. The number of hydrogen-bond acceptors (Lipinski definition) is 0. The molecule has 0 aromatic heterocycles. The van der Waals surface area contributed by atoms with Crippen molar-refractivity contribution in [2.75, 3.05) is 0 Å². The van der Waals surface area contributed by atoms with Gasteiger partial charge in [0.25, 0.3) is 0 Å². The zero-order chi connectivity index (χ0) is 20.4. The molecule has 27 heavy (non-hydrogen) atoms. The Balaban J connectivity index is 2.16. The highest BCUT2D eigenvalue weighted by atomic mass is 14.3. The lowest BCUT2D eigenvalue weighted by atomic mass is 9.80. The third-order valence-electron chi connectivity index (χ3n) is 5.46. The second-order valence-electron chi connectivity index (χ2n) is 9.93. The number of allylic oxidation sites excluding steroid dienone is 6. The van der Waals surface area contributed by atoms with Crippen LogP contribution in [-0.4, -0.2) is 0 Å². The van der Waals surface area contributed by atoms with E-state index in [9.17, 15) is 0 Å². The van der Waals surface area contributed by atoms with Crippen LogP contribution in [0.1, 0.15) is 78.4 Å². The topological polar surface area (TPSA) is 0 Å². The maximum absolute atomic E-state index is 4.36. The molecule has 0 radical (unpaired) electrons. The fraction of sp³-hybridized carbons (Fsp3) is 0.481. The van der Waals surface area contributed by atoms with Gasteiger partial charge in [0.05, 0.1) is 0 Å². The summed E-state index contributed by atoms with van der Waals surface area (Å²) in [4.78, 5) is 0. The average Bonchev–Trinajstić information content (AvgIpc) is 2.94. The molecule has 1 aromatic rings. The van der Waals surface area contributed by atoms with Crippen molar-refractivity contribution >= 4 is 5.57 Å². The van der Waals surface area contributed by atoms with Gasteiger partial charge >= 0.3 is 0 Å². The molecule has 0 bridgehead atoms. The molecule has 0 saturated heterocycles. The first kappa shape index (κ1) is 21.5. The molecule has 146 valence electrons. The third-order valence-corrected chi connectivity index (χ3v) is 5.46. The summed E-state index contributed by atoms with van der Waals surface area (Å²) in [5.74, 6) is 1.39. The summed E-state index contributed by atoms with van der Waals surface area (Å²) in [7, 11) is 0. The molecule has 2 rings (SSSR count). The van der Waals surface area contributed by atoms with Gasteiger partial charge < -0.3 is 0 Å². The van der Waals surface area contributed by atoms with E-state index >= 15 is 0 Å². The van der Waals surface area contributed by atoms with Crippen LogP contribution in [0.25, 0.3) is 5.57 Å². The lowest BCUT2D eigenvalue weighted by Crippen LogP contribution is -2.11. The van der Waals surface area contributed by atoms with Crippen molar-refractivity contribution < 1.29 is 0 Å². The fourth-order valence-corrected chi connectivity index (χ4v) is 4.11. The highest BCUT2D eigenvalue weighted by Gasteiger charge is 2.25. The van der Waals surface area contributed by atoms with Gasteiger partial charge in [0.2, 0.25) is 0 Å². The van der Waals surface area contributed by atoms with E-state index in [2.05, 4.69) is 98.0 Å². The van der Waals surface area contributed by atoms with Gasteiger partial charge in [-0.25, -0.2) is 0 Å². The van der Waals surface area contributed by atoms with Crippen LogP contribution in [0.3, 0.4) is 0 Å². The molecule has 2 atom stereocenters. The van der Waals surface area contributed by atoms with Crippen LogP contribution < -0.4 is 0 Å². The maximum Gasteiger partial charge on any atom is 0.0239 e. The van der Waals surface area contributed by atoms with E-state index < -0.39 is 0 Å².